The molecule has 0 amide bonds. The second-order valence-electron chi connectivity index (χ2n) is 6.37. The van der Waals surface area contributed by atoms with Crippen LogP contribution >= 0.6 is 0 Å². The number of aliphatic hydroxyl groups excluding tert-OH is 1. The average molecular weight is 299 g/mol. The summed E-state index contributed by atoms with van der Waals surface area (Å²) in [5.41, 5.74) is 3.91. The summed E-state index contributed by atoms with van der Waals surface area (Å²) in [7, 11) is 1.57. The molecule has 5 heteroatoms. The maximum absolute atomic E-state index is 9.28. The fourth-order valence-electron chi connectivity index (χ4n) is 3.35. The van der Waals surface area contributed by atoms with Crippen LogP contribution in [0.2, 0.25) is 0 Å². The zero-order valence-corrected chi connectivity index (χ0v) is 13.1. The Balaban J connectivity index is 2.15. The van der Waals surface area contributed by atoms with E-state index in [4.69, 9.17) is 4.84 Å². The van der Waals surface area contributed by atoms with Crippen LogP contribution in [-0.2, 0) is 17.9 Å². The van der Waals surface area contributed by atoms with E-state index in [1.807, 2.05) is 6.07 Å². The number of aliphatic hydroxyl groups is 1. The topological polar surface area (TPSA) is 70.5 Å². The molecule has 5 nitrogen and oxygen atoms in total. The molecule has 1 aromatic heterocycles. The number of hydrogen-bond donors (Lipinski definition) is 2. The molecule has 3 rings (SSSR count). The Bertz CT molecular complexity index is 703. The highest BCUT2D eigenvalue weighted by Gasteiger charge is 2.42. The first-order chi connectivity index (χ1) is 10.6. The van der Waals surface area contributed by atoms with Crippen molar-refractivity contribution in [2.24, 2.45) is 10.6 Å². The molecule has 22 heavy (non-hydrogen) atoms. The minimum atomic E-state index is -0.0592. The molecule has 0 radical (unpaired) electrons. The second kappa shape index (κ2) is 5.57. The highest BCUT2D eigenvalue weighted by atomic mass is 16.6. The number of imidazole rings is 1. The van der Waals surface area contributed by atoms with Crippen molar-refractivity contribution in [3.8, 4) is 0 Å². The number of nitrogens with one attached hydrogen (secondary N) is 1. The van der Waals surface area contributed by atoms with Crippen LogP contribution in [0.1, 0.15) is 42.4 Å². The predicted molar refractivity (Wildman–Crippen MR) is 84.7 cm³/mol. The monoisotopic (exact) mass is 299 g/mol. The number of rotatable bonds is 3. The summed E-state index contributed by atoms with van der Waals surface area (Å²) in [6.07, 6.45) is 2.61. The predicted octanol–water partition coefficient (Wildman–Crippen LogP) is 2.62. The van der Waals surface area contributed by atoms with Crippen LogP contribution in [-0.4, -0.2) is 27.9 Å². The van der Waals surface area contributed by atoms with Crippen LogP contribution in [0.25, 0.3) is 0 Å². The minimum absolute atomic E-state index is 0.0114. The van der Waals surface area contributed by atoms with Crippen LogP contribution in [0.5, 0.6) is 0 Å². The lowest BCUT2D eigenvalue weighted by Crippen LogP contribution is -2.37. The van der Waals surface area contributed by atoms with Crippen molar-refractivity contribution in [1.82, 2.24) is 9.97 Å². The molecule has 1 aromatic carbocycles. The molecule has 0 saturated carbocycles. The molecule has 0 unspecified atom stereocenters. The molecule has 0 spiro atoms. The summed E-state index contributed by atoms with van der Waals surface area (Å²) in [6, 6.07) is 8.28. The molecular formula is C17H21N3O2. The summed E-state index contributed by atoms with van der Waals surface area (Å²) in [4.78, 5) is 12.8. The van der Waals surface area contributed by atoms with E-state index in [9.17, 15) is 5.11 Å². The van der Waals surface area contributed by atoms with Gasteiger partial charge < -0.3 is 14.9 Å². The normalized spacial score (nSPS) is 21.6. The van der Waals surface area contributed by atoms with Crippen molar-refractivity contribution in [3.05, 3.63) is 53.1 Å². The first kappa shape index (κ1) is 14.8. The third kappa shape index (κ3) is 2.41. The van der Waals surface area contributed by atoms with Crippen molar-refractivity contribution >= 4 is 5.71 Å². The maximum Gasteiger partial charge on any atom is 0.116 e. The van der Waals surface area contributed by atoms with Crippen molar-refractivity contribution in [1.29, 1.82) is 0 Å². The lowest BCUT2D eigenvalue weighted by Gasteiger charge is -2.39. The van der Waals surface area contributed by atoms with Crippen LogP contribution in [0.4, 0.5) is 0 Å². The van der Waals surface area contributed by atoms with Gasteiger partial charge in [-0.15, -0.1) is 0 Å². The van der Waals surface area contributed by atoms with Crippen molar-refractivity contribution in [2.75, 3.05) is 7.11 Å². The van der Waals surface area contributed by atoms with Crippen LogP contribution < -0.4 is 0 Å². The Morgan fingerprint density at radius 2 is 2.18 bits per heavy atom. The van der Waals surface area contributed by atoms with E-state index >= 15 is 0 Å². The first-order valence-electron chi connectivity index (χ1n) is 7.41. The van der Waals surface area contributed by atoms with Gasteiger partial charge in [-0.05, 0) is 17.4 Å². The van der Waals surface area contributed by atoms with Gasteiger partial charge in [0, 0.05) is 5.56 Å². The largest absolute Gasteiger partial charge is 0.399 e. The van der Waals surface area contributed by atoms with Gasteiger partial charge in [0.25, 0.3) is 0 Å². The summed E-state index contributed by atoms with van der Waals surface area (Å²) in [5, 5.41) is 13.6. The summed E-state index contributed by atoms with van der Waals surface area (Å²) >= 11 is 0. The number of aromatic nitrogens is 2. The number of aromatic amines is 1. The van der Waals surface area contributed by atoms with E-state index in [1.165, 1.54) is 5.56 Å². The number of oxime groups is 1. The van der Waals surface area contributed by atoms with Crippen molar-refractivity contribution in [3.63, 3.8) is 0 Å². The molecule has 2 N–H and O–H groups in total. The molecule has 1 aliphatic rings. The molecule has 2 aromatic rings. The van der Waals surface area contributed by atoms with E-state index in [-0.39, 0.29) is 17.9 Å². The summed E-state index contributed by atoms with van der Waals surface area (Å²) < 4.78 is 0. The van der Waals surface area contributed by atoms with Gasteiger partial charge in [0.15, 0.2) is 0 Å². The Morgan fingerprint density at radius 1 is 1.41 bits per heavy atom. The zero-order chi connectivity index (χ0) is 15.7. The molecule has 0 aliphatic heterocycles. The van der Waals surface area contributed by atoms with Gasteiger partial charge in [0.1, 0.15) is 12.9 Å². The molecule has 0 bridgehead atoms. The quantitative estimate of drug-likeness (QED) is 0.856. The maximum atomic E-state index is 9.28. The average Bonchev–Trinajstić information content (AvgIpc) is 2.95. The smallest absolute Gasteiger partial charge is 0.116 e. The van der Waals surface area contributed by atoms with Gasteiger partial charge in [-0.1, -0.05) is 43.3 Å². The third-order valence-corrected chi connectivity index (χ3v) is 4.28. The van der Waals surface area contributed by atoms with Gasteiger partial charge in [-0.2, -0.15) is 0 Å². The van der Waals surface area contributed by atoms with Crippen molar-refractivity contribution < 1.29 is 9.94 Å². The Labute approximate surface area is 130 Å². The van der Waals surface area contributed by atoms with Crippen LogP contribution in [0.3, 0.4) is 0 Å². The molecule has 0 saturated heterocycles. The number of hydrogen-bond acceptors (Lipinski definition) is 4. The Hall–Kier alpha value is -2.14. The molecule has 1 atom stereocenters. The summed E-state index contributed by atoms with van der Waals surface area (Å²) in [5.74, 6) is 0.807. The van der Waals surface area contributed by atoms with E-state index in [1.54, 1.807) is 13.3 Å². The molecule has 1 heterocycles. The van der Waals surface area contributed by atoms with E-state index in [0.717, 1.165) is 23.5 Å². The standard InChI is InChI=1S/C17H21N3O2/c1-17(2)8-11-6-4-5-7-13(11)15(20-22-3)14(17)16-18-9-12(10-21)19-16/h4-7,9,14,21H,8,10H2,1-3H3,(H,18,19)/t14-/m1/s1. The highest BCUT2D eigenvalue weighted by molar-refractivity contribution is 6.07. The van der Waals surface area contributed by atoms with E-state index in [2.05, 4.69) is 47.2 Å². The number of H-pyrrole nitrogens is 1. The van der Waals surface area contributed by atoms with E-state index < -0.39 is 0 Å². The minimum Gasteiger partial charge on any atom is -0.399 e. The van der Waals surface area contributed by atoms with Crippen molar-refractivity contribution in [2.45, 2.75) is 32.8 Å². The lowest BCUT2D eigenvalue weighted by molar-refractivity contribution is 0.207. The number of benzene rings is 1. The Morgan fingerprint density at radius 3 is 2.86 bits per heavy atom. The lowest BCUT2D eigenvalue weighted by atomic mass is 9.65. The van der Waals surface area contributed by atoms with Gasteiger partial charge in [0.2, 0.25) is 0 Å². The Kier molecular flexibility index (Phi) is 3.74. The molecule has 116 valence electrons. The fourth-order valence-corrected chi connectivity index (χ4v) is 3.35. The van der Waals surface area contributed by atoms with Gasteiger partial charge in [0.05, 0.1) is 30.1 Å². The number of fused-ring (bicyclic) bond motifs is 1. The van der Waals surface area contributed by atoms with Crippen LogP contribution in [0.15, 0.2) is 35.6 Å². The molecule has 0 fully saturated rings. The first-order valence-corrected chi connectivity index (χ1v) is 7.41. The second-order valence-corrected chi connectivity index (χ2v) is 6.37. The van der Waals surface area contributed by atoms with Gasteiger partial charge in [-0.25, -0.2) is 4.98 Å². The summed E-state index contributed by atoms with van der Waals surface area (Å²) in [6.45, 7) is 4.37. The SMILES string of the molecule is CON=C1c2ccccc2CC(C)(C)[C@H]1c1ncc(CO)[nH]1. The number of nitrogens with zero attached hydrogens (tertiary/aromatic N) is 2. The fraction of sp³-hybridized carbons (Fsp3) is 0.412. The van der Waals surface area contributed by atoms with E-state index in [0.29, 0.717) is 5.69 Å². The third-order valence-electron chi connectivity index (χ3n) is 4.28. The van der Waals surface area contributed by atoms with Gasteiger partial charge in [-0.3, -0.25) is 0 Å². The van der Waals surface area contributed by atoms with Crippen LogP contribution in [0, 0.1) is 5.41 Å². The highest BCUT2D eigenvalue weighted by Crippen LogP contribution is 2.44. The zero-order valence-electron chi connectivity index (χ0n) is 13.1. The van der Waals surface area contributed by atoms with Gasteiger partial charge >= 0.3 is 0 Å². The molecular weight excluding hydrogens is 278 g/mol. The molecule has 1 aliphatic carbocycles.